The third-order valence-electron chi connectivity index (χ3n) is 3.32. The molecule has 2 aromatic carbocycles. The van der Waals surface area contributed by atoms with Crippen LogP contribution in [-0.4, -0.2) is 31.9 Å². The Kier molecular flexibility index (Phi) is 7.49. The second-order valence-corrected chi connectivity index (χ2v) is 6.00. The van der Waals surface area contributed by atoms with Gasteiger partial charge in [-0.2, -0.15) is 11.8 Å². The molecule has 0 unspecified atom stereocenters. The number of carbonyl (C=O) groups excluding carboxylic acids is 1. The monoisotopic (exact) mass is 345 g/mol. The van der Waals surface area contributed by atoms with Crippen molar-refractivity contribution in [3.05, 3.63) is 59.7 Å². The Hall–Kier alpha value is -2.14. The molecular formula is C19H23NO3S. The van der Waals surface area contributed by atoms with E-state index in [1.54, 1.807) is 11.8 Å². The van der Waals surface area contributed by atoms with E-state index < -0.39 is 0 Å². The summed E-state index contributed by atoms with van der Waals surface area (Å²) >= 11 is 1.76. The van der Waals surface area contributed by atoms with Crippen LogP contribution in [0.4, 0.5) is 0 Å². The minimum atomic E-state index is -0.0824. The van der Waals surface area contributed by atoms with Crippen LogP contribution in [-0.2, 0) is 5.75 Å². The van der Waals surface area contributed by atoms with Gasteiger partial charge in [-0.05, 0) is 55.1 Å². The van der Waals surface area contributed by atoms with Crippen molar-refractivity contribution in [3.63, 3.8) is 0 Å². The number of thioether (sulfide) groups is 1. The van der Waals surface area contributed by atoms with Gasteiger partial charge in [0.2, 0.25) is 0 Å². The van der Waals surface area contributed by atoms with E-state index in [4.69, 9.17) is 9.47 Å². The highest BCUT2D eigenvalue weighted by molar-refractivity contribution is 7.97. The molecule has 0 radical (unpaired) electrons. The summed E-state index contributed by atoms with van der Waals surface area (Å²) in [7, 11) is 0. The van der Waals surface area contributed by atoms with Gasteiger partial charge in [-0.15, -0.1) is 0 Å². The summed E-state index contributed by atoms with van der Waals surface area (Å²) < 4.78 is 11.0. The molecule has 4 nitrogen and oxygen atoms in total. The molecule has 24 heavy (non-hydrogen) atoms. The van der Waals surface area contributed by atoms with Crippen LogP contribution in [0, 0.1) is 0 Å². The van der Waals surface area contributed by atoms with Crippen molar-refractivity contribution in [2.75, 3.05) is 26.0 Å². The van der Waals surface area contributed by atoms with Crippen LogP contribution < -0.4 is 14.8 Å². The fourth-order valence-corrected chi connectivity index (χ4v) is 2.68. The first-order valence-corrected chi connectivity index (χ1v) is 9.34. The van der Waals surface area contributed by atoms with Crippen molar-refractivity contribution in [2.24, 2.45) is 0 Å². The van der Waals surface area contributed by atoms with E-state index in [1.165, 1.54) is 5.56 Å². The Morgan fingerprint density at radius 3 is 2.21 bits per heavy atom. The first-order chi connectivity index (χ1) is 11.7. The fraction of sp³-hybridized carbons (Fsp3) is 0.316. The Balaban J connectivity index is 1.72. The molecule has 0 aliphatic heterocycles. The average molecular weight is 345 g/mol. The minimum Gasteiger partial charge on any atom is -0.494 e. The number of nitrogens with one attached hydrogen (secondary N) is 1. The second kappa shape index (κ2) is 9.88. The molecular weight excluding hydrogens is 322 g/mol. The maximum absolute atomic E-state index is 12.1. The third kappa shape index (κ3) is 5.81. The zero-order valence-electron chi connectivity index (χ0n) is 14.1. The third-order valence-corrected chi connectivity index (χ3v) is 3.94. The molecule has 0 fully saturated rings. The molecule has 0 saturated heterocycles. The van der Waals surface area contributed by atoms with E-state index in [0.717, 1.165) is 17.3 Å². The minimum absolute atomic E-state index is 0.0824. The van der Waals surface area contributed by atoms with Gasteiger partial charge in [0.1, 0.15) is 18.1 Å². The van der Waals surface area contributed by atoms with E-state index in [2.05, 4.69) is 11.6 Å². The lowest BCUT2D eigenvalue weighted by Crippen LogP contribution is -2.28. The van der Waals surface area contributed by atoms with Crippen molar-refractivity contribution in [1.82, 2.24) is 5.32 Å². The molecule has 2 aromatic rings. The summed E-state index contributed by atoms with van der Waals surface area (Å²) in [6, 6.07) is 15.1. The molecule has 0 saturated carbocycles. The van der Waals surface area contributed by atoms with Crippen molar-refractivity contribution in [1.29, 1.82) is 0 Å². The van der Waals surface area contributed by atoms with E-state index in [0.29, 0.717) is 25.3 Å². The van der Waals surface area contributed by atoms with Gasteiger partial charge in [0.05, 0.1) is 13.2 Å². The highest BCUT2D eigenvalue weighted by atomic mass is 32.2. The first kappa shape index (κ1) is 18.2. The zero-order valence-corrected chi connectivity index (χ0v) is 14.9. The van der Waals surface area contributed by atoms with Crippen LogP contribution >= 0.6 is 11.8 Å². The summed E-state index contributed by atoms with van der Waals surface area (Å²) in [6.07, 6.45) is 2.06. The zero-order chi connectivity index (χ0) is 17.2. The lowest BCUT2D eigenvalue weighted by Gasteiger charge is -2.09. The van der Waals surface area contributed by atoms with Crippen LogP contribution in [0.15, 0.2) is 48.5 Å². The van der Waals surface area contributed by atoms with Gasteiger partial charge in [-0.1, -0.05) is 12.1 Å². The van der Waals surface area contributed by atoms with Crippen molar-refractivity contribution < 1.29 is 14.3 Å². The van der Waals surface area contributed by atoms with Crippen LogP contribution in [0.25, 0.3) is 0 Å². The fourth-order valence-electron chi connectivity index (χ4n) is 2.15. The van der Waals surface area contributed by atoms with Gasteiger partial charge < -0.3 is 14.8 Å². The smallest absolute Gasteiger partial charge is 0.251 e. The Morgan fingerprint density at radius 2 is 1.62 bits per heavy atom. The molecule has 0 aliphatic rings. The lowest BCUT2D eigenvalue weighted by atomic mass is 10.1. The number of ether oxygens (including phenoxy) is 2. The SMILES string of the molecule is CCOc1ccc(OCCNC(=O)c2ccc(CSC)cc2)cc1. The van der Waals surface area contributed by atoms with Crippen molar-refractivity contribution in [2.45, 2.75) is 12.7 Å². The summed E-state index contributed by atoms with van der Waals surface area (Å²) in [5, 5.41) is 2.86. The van der Waals surface area contributed by atoms with Gasteiger partial charge in [-0.25, -0.2) is 0 Å². The van der Waals surface area contributed by atoms with Crippen LogP contribution in [0.3, 0.4) is 0 Å². The normalized spacial score (nSPS) is 10.2. The summed E-state index contributed by atoms with van der Waals surface area (Å²) in [4.78, 5) is 12.1. The van der Waals surface area contributed by atoms with Crippen LogP contribution in [0.1, 0.15) is 22.8 Å². The average Bonchev–Trinajstić information content (AvgIpc) is 2.61. The van der Waals surface area contributed by atoms with E-state index in [9.17, 15) is 4.79 Å². The Morgan fingerprint density at radius 1 is 1.00 bits per heavy atom. The van der Waals surface area contributed by atoms with Gasteiger partial charge >= 0.3 is 0 Å². The standard InChI is InChI=1S/C19H23NO3S/c1-3-22-17-8-10-18(11-9-17)23-13-12-20-19(21)16-6-4-15(5-7-16)14-24-2/h4-11H,3,12-14H2,1-2H3,(H,20,21). The second-order valence-electron chi connectivity index (χ2n) is 5.14. The van der Waals surface area contributed by atoms with Crippen molar-refractivity contribution in [3.8, 4) is 11.5 Å². The molecule has 0 aliphatic carbocycles. The Bertz CT molecular complexity index is 626. The molecule has 0 atom stereocenters. The van der Waals surface area contributed by atoms with E-state index >= 15 is 0 Å². The quantitative estimate of drug-likeness (QED) is 0.703. The lowest BCUT2D eigenvalue weighted by molar-refractivity contribution is 0.0947. The number of rotatable bonds is 9. The predicted molar refractivity (Wildman–Crippen MR) is 99.1 cm³/mol. The molecule has 5 heteroatoms. The maximum Gasteiger partial charge on any atom is 0.251 e. The summed E-state index contributed by atoms with van der Waals surface area (Å²) in [5.41, 5.74) is 1.89. The van der Waals surface area contributed by atoms with Gasteiger partial charge in [0, 0.05) is 11.3 Å². The predicted octanol–water partition coefficient (Wildman–Crippen LogP) is 3.76. The largest absolute Gasteiger partial charge is 0.494 e. The number of hydrogen-bond donors (Lipinski definition) is 1. The van der Waals surface area contributed by atoms with Crippen molar-refractivity contribution >= 4 is 17.7 Å². The molecule has 1 amide bonds. The first-order valence-electron chi connectivity index (χ1n) is 7.94. The van der Waals surface area contributed by atoms with Gasteiger partial charge in [0.25, 0.3) is 5.91 Å². The molecule has 0 bridgehead atoms. The van der Waals surface area contributed by atoms with Gasteiger partial charge in [-0.3, -0.25) is 4.79 Å². The summed E-state index contributed by atoms with van der Waals surface area (Å²) in [5.74, 6) is 2.45. The Labute approximate surface area is 147 Å². The van der Waals surface area contributed by atoms with Crippen LogP contribution in [0.2, 0.25) is 0 Å². The van der Waals surface area contributed by atoms with Crippen LogP contribution in [0.5, 0.6) is 11.5 Å². The molecule has 128 valence electrons. The molecule has 0 spiro atoms. The number of hydrogen-bond acceptors (Lipinski definition) is 4. The highest BCUT2D eigenvalue weighted by Gasteiger charge is 2.04. The maximum atomic E-state index is 12.1. The molecule has 0 aromatic heterocycles. The van der Waals surface area contributed by atoms with E-state index in [1.807, 2.05) is 55.5 Å². The topological polar surface area (TPSA) is 47.6 Å². The molecule has 1 N–H and O–H groups in total. The molecule has 0 heterocycles. The van der Waals surface area contributed by atoms with Gasteiger partial charge in [0.15, 0.2) is 0 Å². The number of amides is 1. The molecule has 2 rings (SSSR count). The highest BCUT2D eigenvalue weighted by Crippen LogP contribution is 2.17. The number of carbonyl (C=O) groups is 1. The number of benzene rings is 2. The van der Waals surface area contributed by atoms with E-state index in [-0.39, 0.29) is 5.91 Å². The summed E-state index contributed by atoms with van der Waals surface area (Å²) in [6.45, 7) is 3.47.